The van der Waals surface area contributed by atoms with Crippen molar-refractivity contribution in [2.24, 2.45) is 0 Å². The second kappa shape index (κ2) is 5.97. The number of nitrogens with zero attached hydrogens (tertiary/aromatic N) is 3. The van der Waals surface area contributed by atoms with Gasteiger partial charge in [0.2, 0.25) is 0 Å². The zero-order valence-corrected chi connectivity index (χ0v) is 11.4. The van der Waals surface area contributed by atoms with Crippen LogP contribution in [0.1, 0.15) is 18.5 Å². The van der Waals surface area contributed by atoms with Crippen molar-refractivity contribution in [3.05, 3.63) is 23.5 Å². The molecule has 2 aromatic heterocycles. The Bertz CT molecular complexity index is 492. The Balaban J connectivity index is 1.78. The summed E-state index contributed by atoms with van der Waals surface area (Å²) in [5, 5.41) is 2.02. The Morgan fingerprint density at radius 2 is 2.44 bits per heavy atom. The minimum Gasteiger partial charge on any atom is -0.469 e. The van der Waals surface area contributed by atoms with E-state index < -0.39 is 0 Å². The fourth-order valence-electron chi connectivity index (χ4n) is 1.80. The van der Waals surface area contributed by atoms with Crippen LogP contribution in [0.3, 0.4) is 0 Å². The molecule has 0 aliphatic carbocycles. The molecule has 0 atom stereocenters. The van der Waals surface area contributed by atoms with Gasteiger partial charge in [0.05, 0.1) is 12.8 Å². The predicted octanol–water partition coefficient (Wildman–Crippen LogP) is 1.78. The quantitative estimate of drug-likeness (QED) is 0.749. The van der Waals surface area contributed by atoms with Crippen LogP contribution in [0.25, 0.3) is 4.96 Å². The van der Waals surface area contributed by atoms with E-state index in [2.05, 4.69) is 14.6 Å². The number of fused-ring (bicyclic) bond motifs is 1. The Hall–Kier alpha value is -1.40. The van der Waals surface area contributed by atoms with E-state index in [0.29, 0.717) is 6.42 Å². The van der Waals surface area contributed by atoms with Crippen molar-refractivity contribution in [3.8, 4) is 0 Å². The molecule has 2 aromatic rings. The summed E-state index contributed by atoms with van der Waals surface area (Å²) >= 11 is 1.63. The van der Waals surface area contributed by atoms with Gasteiger partial charge in [0.1, 0.15) is 0 Å². The molecule has 0 radical (unpaired) electrons. The summed E-state index contributed by atoms with van der Waals surface area (Å²) in [5.41, 5.74) is 1.06. The summed E-state index contributed by atoms with van der Waals surface area (Å²) in [6, 6.07) is 0. The first kappa shape index (κ1) is 13.0. The molecule has 0 saturated carbocycles. The zero-order chi connectivity index (χ0) is 13.0. The number of carbonyl (C=O) groups excluding carboxylic acids is 1. The van der Waals surface area contributed by atoms with Crippen LogP contribution < -0.4 is 0 Å². The summed E-state index contributed by atoms with van der Waals surface area (Å²) in [5.74, 6) is -0.147. The molecular formula is C12H17N3O2S. The van der Waals surface area contributed by atoms with Crippen molar-refractivity contribution in [1.29, 1.82) is 0 Å². The van der Waals surface area contributed by atoms with Crippen LogP contribution in [0.2, 0.25) is 0 Å². The van der Waals surface area contributed by atoms with E-state index in [1.165, 1.54) is 7.11 Å². The molecule has 0 N–H and O–H groups in total. The maximum Gasteiger partial charge on any atom is 0.305 e. The zero-order valence-electron chi connectivity index (χ0n) is 10.6. The van der Waals surface area contributed by atoms with Crippen LogP contribution in [0.4, 0.5) is 0 Å². The topological polar surface area (TPSA) is 46.8 Å². The normalized spacial score (nSPS) is 11.3. The largest absolute Gasteiger partial charge is 0.469 e. The van der Waals surface area contributed by atoms with Gasteiger partial charge in [-0.3, -0.25) is 9.20 Å². The van der Waals surface area contributed by atoms with Crippen molar-refractivity contribution in [2.75, 3.05) is 20.7 Å². The van der Waals surface area contributed by atoms with Gasteiger partial charge < -0.3 is 9.64 Å². The van der Waals surface area contributed by atoms with E-state index in [-0.39, 0.29) is 5.97 Å². The summed E-state index contributed by atoms with van der Waals surface area (Å²) in [6.07, 6.45) is 5.33. The lowest BCUT2D eigenvalue weighted by molar-refractivity contribution is -0.140. The first-order valence-electron chi connectivity index (χ1n) is 5.85. The smallest absolute Gasteiger partial charge is 0.305 e. The fourth-order valence-corrected chi connectivity index (χ4v) is 2.52. The predicted molar refractivity (Wildman–Crippen MR) is 70.7 cm³/mol. The summed E-state index contributed by atoms with van der Waals surface area (Å²) < 4.78 is 6.64. The highest BCUT2D eigenvalue weighted by Crippen LogP contribution is 2.12. The number of hydrogen-bond donors (Lipinski definition) is 0. The molecule has 0 bridgehead atoms. The third kappa shape index (κ3) is 3.30. The SMILES string of the molecule is COC(=O)CCCN(C)Cc1cn2ccsc2n1. The Morgan fingerprint density at radius 3 is 3.17 bits per heavy atom. The molecule has 0 unspecified atom stereocenters. The first-order valence-corrected chi connectivity index (χ1v) is 6.73. The summed E-state index contributed by atoms with van der Waals surface area (Å²) in [4.78, 5) is 18.7. The van der Waals surface area contributed by atoms with E-state index in [4.69, 9.17) is 0 Å². The molecule has 2 rings (SSSR count). The summed E-state index contributed by atoms with van der Waals surface area (Å²) in [6.45, 7) is 1.66. The number of rotatable bonds is 6. The molecule has 6 heteroatoms. The van der Waals surface area contributed by atoms with Gasteiger partial charge >= 0.3 is 5.97 Å². The molecule has 0 aliphatic rings. The van der Waals surface area contributed by atoms with E-state index in [9.17, 15) is 4.79 Å². The fraction of sp³-hybridized carbons (Fsp3) is 0.500. The molecule has 0 amide bonds. The lowest BCUT2D eigenvalue weighted by Gasteiger charge is -2.14. The first-order chi connectivity index (χ1) is 8.69. The van der Waals surface area contributed by atoms with Crippen molar-refractivity contribution >= 4 is 22.3 Å². The van der Waals surface area contributed by atoms with E-state index in [1.807, 2.05) is 29.2 Å². The van der Waals surface area contributed by atoms with Crippen LogP contribution in [0, 0.1) is 0 Å². The second-order valence-electron chi connectivity index (χ2n) is 4.24. The standard InChI is InChI=1S/C12H17N3O2S/c1-14(5-3-4-11(16)17-2)8-10-9-15-6-7-18-12(15)13-10/h6-7,9H,3-5,8H2,1-2H3. The van der Waals surface area contributed by atoms with Crippen LogP contribution in [-0.2, 0) is 16.1 Å². The van der Waals surface area contributed by atoms with Crippen molar-refractivity contribution in [1.82, 2.24) is 14.3 Å². The van der Waals surface area contributed by atoms with Gasteiger partial charge in [-0.2, -0.15) is 0 Å². The number of carbonyl (C=O) groups is 1. The molecule has 0 fully saturated rings. The molecule has 0 saturated heterocycles. The number of methoxy groups -OCH3 is 1. The van der Waals surface area contributed by atoms with Gasteiger partial charge in [-0.25, -0.2) is 4.98 Å². The van der Waals surface area contributed by atoms with Gasteiger partial charge in [-0.05, 0) is 20.0 Å². The number of esters is 1. The molecule has 5 nitrogen and oxygen atoms in total. The minimum atomic E-state index is -0.147. The molecule has 2 heterocycles. The average molecular weight is 267 g/mol. The van der Waals surface area contributed by atoms with Crippen LogP contribution in [0.15, 0.2) is 17.8 Å². The van der Waals surface area contributed by atoms with E-state index in [1.54, 1.807) is 11.3 Å². The highest BCUT2D eigenvalue weighted by molar-refractivity contribution is 7.15. The third-order valence-corrected chi connectivity index (χ3v) is 3.49. The monoisotopic (exact) mass is 267 g/mol. The molecular weight excluding hydrogens is 250 g/mol. The van der Waals surface area contributed by atoms with Gasteiger partial charge in [-0.15, -0.1) is 11.3 Å². The lowest BCUT2D eigenvalue weighted by Crippen LogP contribution is -2.20. The third-order valence-electron chi connectivity index (χ3n) is 2.72. The van der Waals surface area contributed by atoms with Crippen LogP contribution in [0.5, 0.6) is 0 Å². The number of hydrogen-bond acceptors (Lipinski definition) is 5. The van der Waals surface area contributed by atoms with Gasteiger partial charge in [0, 0.05) is 30.7 Å². The highest BCUT2D eigenvalue weighted by Gasteiger charge is 2.07. The number of imidazole rings is 1. The van der Waals surface area contributed by atoms with Gasteiger partial charge in [0.15, 0.2) is 4.96 Å². The minimum absolute atomic E-state index is 0.147. The summed E-state index contributed by atoms with van der Waals surface area (Å²) in [7, 11) is 3.45. The Labute approximate surface area is 110 Å². The van der Waals surface area contributed by atoms with Gasteiger partial charge in [0.25, 0.3) is 0 Å². The lowest BCUT2D eigenvalue weighted by atomic mass is 10.3. The maximum absolute atomic E-state index is 11.0. The Kier molecular flexibility index (Phi) is 4.33. The Morgan fingerprint density at radius 1 is 1.61 bits per heavy atom. The molecule has 0 aliphatic heterocycles. The molecule has 0 spiro atoms. The molecule has 98 valence electrons. The van der Waals surface area contributed by atoms with Crippen molar-refractivity contribution in [2.45, 2.75) is 19.4 Å². The molecule has 0 aromatic carbocycles. The van der Waals surface area contributed by atoms with Crippen LogP contribution in [-0.4, -0.2) is 41.0 Å². The number of thiazole rings is 1. The van der Waals surface area contributed by atoms with E-state index in [0.717, 1.165) is 30.2 Å². The van der Waals surface area contributed by atoms with Crippen LogP contribution >= 0.6 is 11.3 Å². The molecule has 18 heavy (non-hydrogen) atoms. The van der Waals surface area contributed by atoms with E-state index >= 15 is 0 Å². The van der Waals surface area contributed by atoms with Crippen molar-refractivity contribution < 1.29 is 9.53 Å². The maximum atomic E-state index is 11.0. The van der Waals surface area contributed by atoms with Gasteiger partial charge in [-0.1, -0.05) is 0 Å². The van der Waals surface area contributed by atoms with Crippen molar-refractivity contribution in [3.63, 3.8) is 0 Å². The number of ether oxygens (including phenoxy) is 1. The highest BCUT2D eigenvalue weighted by atomic mass is 32.1. The average Bonchev–Trinajstić information content (AvgIpc) is 2.89. The second-order valence-corrected chi connectivity index (χ2v) is 5.12. The number of aromatic nitrogens is 2.